The number of methoxy groups -OCH3 is 1. The zero-order chi connectivity index (χ0) is 19.9. The molecule has 1 aromatic heterocycles. The first-order valence-corrected chi connectivity index (χ1v) is 9.26. The van der Waals surface area contributed by atoms with Crippen LogP contribution in [-0.2, 0) is 27.2 Å². The van der Waals surface area contributed by atoms with Gasteiger partial charge in [-0.25, -0.2) is 4.79 Å². The number of aromatic nitrogens is 1. The Labute approximate surface area is 176 Å². The highest BCUT2D eigenvalue weighted by Crippen LogP contribution is 2.19. The molecule has 3 aromatic rings. The maximum atomic E-state index is 12.8. The van der Waals surface area contributed by atoms with Gasteiger partial charge in [-0.15, -0.1) is 12.4 Å². The molecule has 3 rings (SSSR count). The van der Waals surface area contributed by atoms with Crippen molar-refractivity contribution in [2.45, 2.75) is 24.9 Å². The van der Waals surface area contributed by atoms with E-state index in [4.69, 9.17) is 4.74 Å². The first kappa shape index (κ1) is 22.5. The van der Waals surface area contributed by atoms with Crippen molar-refractivity contribution >= 4 is 35.2 Å². The molecule has 0 aliphatic heterocycles. The van der Waals surface area contributed by atoms with Crippen LogP contribution in [0.2, 0.25) is 0 Å². The Bertz CT molecular complexity index is 943. The van der Waals surface area contributed by atoms with Crippen LogP contribution in [0.1, 0.15) is 11.1 Å². The molecular formula is C22H26ClN3O3. The van der Waals surface area contributed by atoms with Crippen molar-refractivity contribution < 1.29 is 14.3 Å². The van der Waals surface area contributed by atoms with E-state index in [9.17, 15) is 9.59 Å². The number of hydrogen-bond donors (Lipinski definition) is 3. The Morgan fingerprint density at radius 1 is 1.00 bits per heavy atom. The predicted octanol–water partition coefficient (Wildman–Crippen LogP) is 2.62. The lowest BCUT2D eigenvalue weighted by atomic mass is 10.0. The van der Waals surface area contributed by atoms with Gasteiger partial charge < -0.3 is 20.4 Å². The molecule has 7 heteroatoms. The van der Waals surface area contributed by atoms with E-state index < -0.39 is 18.1 Å². The molecule has 0 spiro atoms. The maximum Gasteiger partial charge on any atom is 0.328 e. The number of para-hydroxylation sites is 1. The third kappa shape index (κ3) is 5.59. The number of ether oxygens (including phenoxy) is 1. The molecule has 3 N–H and O–H groups in total. The number of carbonyl (C=O) groups excluding carboxylic acids is 2. The van der Waals surface area contributed by atoms with Gasteiger partial charge in [-0.1, -0.05) is 48.5 Å². The van der Waals surface area contributed by atoms with E-state index >= 15 is 0 Å². The fourth-order valence-corrected chi connectivity index (χ4v) is 3.30. The molecule has 1 amide bonds. The summed E-state index contributed by atoms with van der Waals surface area (Å²) in [7, 11) is 3.07. The Morgan fingerprint density at radius 2 is 1.69 bits per heavy atom. The summed E-state index contributed by atoms with van der Waals surface area (Å²) in [6.07, 6.45) is 2.75. The van der Waals surface area contributed by atoms with Crippen molar-refractivity contribution in [3.05, 3.63) is 71.9 Å². The van der Waals surface area contributed by atoms with Crippen LogP contribution in [0.15, 0.2) is 60.8 Å². The number of rotatable bonds is 8. The van der Waals surface area contributed by atoms with E-state index in [1.165, 1.54) is 7.11 Å². The van der Waals surface area contributed by atoms with E-state index in [0.29, 0.717) is 12.8 Å². The fraction of sp³-hybridized carbons (Fsp3) is 0.273. The van der Waals surface area contributed by atoms with E-state index in [-0.39, 0.29) is 18.3 Å². The standard InChI is InChI=1S/C22H25N3O3.ClH/c1-23-19(12-15-8-4-3-5-9-15)21(26)25-20(22(27)28-2)13-16-14-24-18-11-7-6-10-17(16)18;/h3-11,14,19-20,23-24H,12-13H2,1-2H3,(H,25,26);1H/t19-,20-;/m0./s1. The number of hydrogen-bond acceptors (Lipinski definition) is 4. The quantitative estimate of drug-likeness (QED) is 0.494. The summed E-state index contributed by atoms with van der Waals surface area (Å²) in [5, 5.41) is 6.91. The van der Waals surface area contributed by atoms with Crippen molar-refractivity contribution in [2.24, 2.45) is 0 Å². The monoisotopic (exact) mass is 415 g/mol. The molecule has 6 nitrogen and oxygen atoms in total. The van der Waals surface area contributed by atoms with Crippen molar-refractivity contribution in [1.82, 2.24) is 15.6 Å². The Morgan fingerprint density at radius 3 is 2.38 bits per heavy atom. The number of amides is 1. The highest BCUT2D eigenvalue weighted by Gasteiger charge is 2.26. The molecule has 0 unspecified atom stereocenters. The van der Waals surface area contributed by atoms with E-state index in [1.54, 1.807) is 7.05 Å². The van der Waals surface area contributed by atoms with Gasteiger partial charge in [-0.2, -0.15) is 0 Å². The molecule has 0 fully saturated rings. The number of carbonyl (C=O) groups is 2. The minimum Gasteiger partial charge on any atom is -0.467 e. The first-order chi connectivity index (χ1) is 13.6. The van der Waals surface area contributed by atoms with Gasteiger partial charge in [0.15, 0.2) is 0 Å². The molecule has 0 saturated carbocycles. The van der Waals surface area contributed by atoms with Crippen molar-refractivity contribution in [1.29, 1.82) is 0 Å². The number of likely N-dealkylation sites (N-methyl/N-ethyl adjacent to an activating group) is 1. The Kier molecular flexibility index (Phi) is 8.24. The van der Waals surface area contributed by atoms with Gasteiger partial charge in [0.05, 0.1) is 13.2 Å². The van der Waals surface area contributed by atoms with E-state index in [1.807, 2.05) is 60.8 Å². The summed E-state index contributed by atoms with van der Waals surface area (Å²) in [6, 6.07) is 16.4. The number of benzene rings is 2. The molecule has 0 radical (unpaired) electrons. The van der Waals surface area contributed by atoms with Gasteiger partial charge in [0.1, 0.15) is 6.04 Å². The Hall–Kier alpha value is -2.83. The summed E-state index contributed by atoms with van der Waals surface area (Å²) in [4.78, 5) is 28.3. The lowest BCUT2D eigenvalue weighted by Crippen LogP contribution is -2.51. The maximum absolute atomic E-state index is 12.8. The van der Waals surface area contributed by atoms with Crippen LogP contribution in [0.3, 0.4) is 0 Å². The van der Waals surface area contributed by atoms with Crippen LogP contribution < -0.4 is 10.6 Å². The molecule has 0 bridgehead atoms. The summed E-state index contributed by atoms with van der Waals surface area (Å²) >= 11 is 0. The Balaban J connectivity index is 0.00000300. The number of fused-ring (bicyclic) bond motifs is 1. The van der Waals surface area contributed by atoms with Gasteiger partial charge in [-0.05, 0) is 30.7 Å². The summed E-state index contributed by atoms with van der Waals surface area (Å²) in [5.74, 6) is -0.699. The zero-order valence-electron chi connectivity index (χ0n) is 16.5. The summed E-state index contributed by atoms with van der Waals surface area (Å²) in [6.45, 7) is 0. The molecule has 0 aliphatic rings. The molecule has 1 heterocycles. The molecule has 0 aliphatic carbocycles. The lowest BCUT2D eigenvalue weighted by molar-refractivity contribution is -0.145. The van der Waals surface area contributed by atoms with Crippen LogP contribution in [0.4, 0.5) is 0 Å². The number of H-pyrrole nitrogens is 1. The highest BCUT2D eigenvalue weighted by atomic mass is 35.5. The zero-order valence-corrected chi connectivity index (χ0v) is 17.3. The average Bonchev–Trinajstić information content (AvgIpc) is 3.14. The van der Waals surface area contributed by atoms with Crippen molar-refractivity contribution in [3.8, 4) is 0 Å². The van der Waals surface area contributed by atoms with Gasteiger partial charge in [0.2, 0.25) is 5.91 Å². The van der Waals surface area contributed by atoms with Crippen LogP contribution in [0.5, 0.6) is 0 Å². The lowest BCUT2D eigenvalue weighted by Gasteiger charge is -2.21. The van der Waals surface area contributed by atoms with Crippen LogP contribution in [0, 0.1) is 0 Å². The van der Waals surface area contributed by atoms with Crippen molar-refractivity contribution in [3.63, 3.8) is 0 Å². The largest absolute Gasteiger partial charge is 0.467 e. The SMILES string of the molecule is CN[C@@H](Cc1ccccc1)C(=O)N[C@@H](Cc1c[nH]c2ccccc12)C(=O)OC.Cl. The van der Waals surface area contributed by atoms with E-state index in [2.05, 4.69) is 15.6 Å². The number of aromatic amines is 1. The second-order valence-electron chi connectivity index (χ2n) is 6.68. The van der Waals surface area contributed by atoms with Gasteiger partial charge >= 0.3 is 5.97 Å². The van der Waals surface area contributed by atoms with Crippen LogP contribution >= 0.6 is 12.4 Å². The topological polar surface area (TPSA) is 83.2 Å². The normalized spacial score (nSPS) is 12.6. The molecule has 154 valence electrons. The number of nitrogens with one attached hydrogen (secondary N) is 3. The predicted molar refractivity (Wildman–Crippen MR) is 116 cm³/mol. The minimum atomic E-state index is -0.761. The third-order valence-electron chi connectivity index (χ3n) is 4.85. The molecule has 0 saturated heterocycles. The van der Waals surface area contributed by atoms with E-state index in [0.717, 1.165) is 22.0 Å². The molecule has 2 aromatic carbocycles. The third-order valence-corrected chi connectivity index (χ3v) is 4.85. The van der Waals surface area contributed by atoms with Crippen molar-refractivity contribution in [2.75, 3.05) is 14.2 Å². The summed E-state index contributed by atoms with van der Waals surface area (Å²) < 4.78 is 4.92. The van der Waals surface area contributed by atoms with Gasteiger partial charge in [0, 0.05) is 23.5 Å². The second-order valence-corrected chi connectivity index (χ2v) is 6.68. The van der Waals surface area contributed by atoms with Gasteiger partial charge in [0.25, 0.3) is 0 Å². The summed E-state index contributed by atoms with van der Waals surface area (Å²) in [5.41, 5.74) is 2.99. The van der Waals surface area contributed by atoms with Crippen LogP contribution in [0.25, 0.3) is 10.9 Å². The molecule has 2 atom stereocenters. The number of halogens is 1. The number of esters is 1. The molecule has 29 heavy (non-hydrogen) atoms. The highest BCUT2D eigenvalue weighted by molar-refractivity contribution is 5.89. The minimum absolute atomic E-state index is 0. The van der Waals surface area contributed by atoms with Crippen LogP contribution in [-0.4, -0.2) is 43.1 Å². The smallest absolute Gasteiger partial charge is 0.328 e. The van der Waals surface area contributed by atoms with Gasteiger partial charge in [-0.3, -0.25) is 4.79 Å². The first-order valence-electron chi connectivity index (χ1n) is 9.26. The second kappa shape index (κ2) is 10.6. The average molecular weight is 416 g/mol. The fourth-order valence-electron chi connectivity index (χ4n) is 3.30. The molecular weight excluding hydrogens is 390 g/mol.